The van der Waals surface area contributed by atoms with Crippen LogP contribution in [-0.2, 0) is 19.6 Å². The van der Waals surface area contributed by atoms with Crippen LogP contribution in [0.2, 0.25) is 0 Å². The van der Waals surface area contributed by atoms with E-state index in [0.717, 1.165) is 12.1 Å². The molecule has 0 aliphatic rings. The van der Waals surface area contributed by atoms with E-state index in [1.54, 1.807) is 27.9 Å². The predicted octanol–water partition coefficient (Wildman–Crippen LogP) is 1.32. The molecule has 3 rings (SSSR count). The predicted molar refractivity (Wildman–Crippen MR) is 131 cm³/mol. The SMILES string of the molecule is C.C.C=Cc1ccc(C[n+]2ccn(CC(O)CO)c2)cc1.C=Cn1cc[n+](CC(O)CO)c1. The fraction of sp³-hybridized carbons (Fsp3) is 0.360. The van der Waals surface area contributed by atoms with E-state index in [9.17, 15) is 5.11 Å². The van der Waals surface area contributed by atoms with Gasteiger partial charge in [0.25, 0.3) is 0 Å². The van der Waals surface area contributed by atoms with E-state index in [0.29, 0.717) is 13.1 Å². The van der Waals surface area contributed by atoms with Crippen LogP contribution in [0.5, 0.6) is 0 Å². The molecule has 0 bridgehead atoms. The maximum atomic E-state index is 9.38. The smallest absolute Gasteiger partial charge is 0.248 e. The highest BCUT2D eigenvalue weighted by Gasteiger charge is 2.10. The van der Waals surface area contributed by atoms with Crippen LogP contribution in [0.25, 0.3) is 12.3 Å². The van der Waals surface area contributed by atoms with E-state index in [1.165, 1.54) is 5.56 Å². The Hall–Kier alpha value is -3.04. The van der Waals surface area contributed by atoms with Crippen LogP contribution in [0.3, 0.4) is 0 Å². The van der Waals surface area contributed by atoms with Gasteiger partial charge >= 0.3 is 0 Å². The zero-order valence-corrected chi connectivity index (χ0v) is 17.6. The van der Waals surface area contributed by atoms with E-state index < -0.39 is 12.2 Å². The van der Waals surface area contributed by atoms with Gasteiger partial charge < -0.3 is 20.4 Å². The van der Waals surface area contributed by atoms with Crippen molar-refractivity contribution in [3.63, 3.8) is 0 Å². The number of aliphatic hydroxyl groups excluding tert-OH is 4. The van der Waals surface area contributed by atoms with Crippen LogP contribution in [0, 0.1) is 0 Å². The summed E-state index contributed by atoms with van der Waals surface area (Å²) in [6, 6.07) is 8.22. The number of aliphatic hydroxyl groups is 4. The molecule has 8 nitrogen and oxygen atoms in total. The van der Waals surface area contributed by atoms with Crippen molar-refractivity contribution in [1.29, 1.82) is 0 Å². The molecule has 2 heterocycles. The monoisotopic (exact) mass is 460 g/mol. The molecule has 182 valence electrons. The summed E-state index contributed by atoms with van der Waals surface area (Å²) in [5.74, 6) is 0. The molecule has 0 amide bonds. The molecule has 0 radical (unpaired) electrons. The van der Waals surface area contributed by atoms with Gasteiger partial charge in [-0.25, -0.2) is 18.3 Å². The summed E-state index contributed by atoms with van der Waals surface area (Å²) in [5.41, 5.74) is 2.31. The Bertz CT molecular complexity index is 934. The highest BCUT2D eigenvalue weighted by Crippen LogP contribution is 2.05. The second-order valence-electron chi connectivity index (χ2n) is 7.14. The standard InChI is InChI=1S/C15H19N2O2.C8H13N2O2.2CH4/c1-2-13-3-5-14(6-4-13)9-16-7-8-17(12-16)10-15(19)11-18;1-2-9-3-4-10(7-9)5-8(12)6-11;;/h2-8,12,15,18-19H,1,9-11H2;2-4,7-8,11-12H,1,5-6H2;2*1H4/q2*+1;;. The lowest BCUT2D eigenvalue weighted by molar-refractivity contribution is -0.703. The van der Waals surface area contributed by atoms with Crippen LogP contribution >= 0.6 is 0 Å². The van der Waals surface area contributed by atoms with Crippen molar-refractivity contribution in [2.45, 2.75) is 46.7 Å². The first-order valence-corrected chi connectivity index (χ1v) is 10.0. The van der Waals surface area contributed by atoms with Gasteiger partial charge in [0.1, 0.15) is 56.6 Å². The largest absolute Gasteiger partial charge is 0.394 e. The minimum absolute atomic E-state index is 0. The van der Waals surface area contributed by atoms with E-state index >= 15 is 0 Å². The third kappa shape index (κ3) is 10.4. The molecule has 0 saturated carbocycles. The van der Waals surface area contributed by atoms with Crippen LogP contribution in [0.4, 0.5) is 0 Å². The maximum absolute atomic E-state index is 9.38. The van der Waals surface area contributed by atoms with Gasteiger partial charge in [-0.3, -0.25) is 0 Å². The number of hydrogen-bond acceptors (Lipinski definition) is 4. The quantitative estimate of drug-likeness (QED) is 0.343. The van der Waals surface area contributed by atoms with Crippen molar-refractivity contribution in [2.75, 3.05) is 13.2 Å². The minimum Gasteiger partial charge on any atom is -0.394 e. The molecular weight excluding hydrogens is 420 g/mol. The van der Waals surface area contributed by atoms with Crippen LogP contribution in [-0.4, -0.2) is 55.0 Å². The number of rotatable bonds is 10. The van der Waals surface area contributed by atoms with Gasteiger partial charge in [-0.1, -0.05) is 58.4 Å². The lowest BCUT2D eigenvalue weighted by Crippen LogP contribution is -2.39. The third-order valence-electron chi connectivity index (χ3n) is 4.51. The lowest BCUT2D eigenvalue weighted by Gasteiger charge is -2.02. The highest BCUT2D eigenvalue weighted by molar-refractivity contribution is 5.47. The van der Waals surface area contributed by atoms with Crippen LogP contribution in [0.1, 0.15) is 26.0 Å². The Morgan fingerprint density at radius 3 is 2.06 bits per heavy atom. The first-order valence-electron chi connectivity index (χ1n) is 10.0. The molecule has 1 aromatic carbocycles. The van der Waals surface area contributed by atoms with Gasteiger partial charge in [0, 0.05) is 0 Å². The van der Waals surface area contributed by atoms with Crippen LogP contribution < -0.4 is 9.13 Å². The Morgan fingerprint density at radius 1 is 0.879 bits per heavy atom. The molecule has 8 heteroatoms. The van der Waals surface area contributed by atoms with Crippen molar-refractivity contribution in [2.24, 2.45) is 0 Å². The molecule has 2 unspecified atom stereocenters. The van der Waals surface area contributed by atoms with Gasteiger partial charge in [0.15, 0.2) is 0 Å². The summed E-state index contributed by atoms with van der Waals surface area (Å²) in [6.45, 7) is 8.45. The molecule has 0 fully saturated rings. The van der Waals surface area contributed by atoms with E-state index in [2.05, 4.69) is 25.3 Å². The van der Waals surface area contributed by atoms with Crippen molar-refractivity contribution in [1.82, 2.24) is 9.13 Å². The van der Waals surface area contributed by atoms with Gasteiger partial charge in [0.05, 0.1) is 19.4 Å². The fourth-order valence-corrected chi connectivity index (χ4v) is 2.84. The molecule has 0 aliphatic carbocycles. The topological polar surface area (TPSA) is 98.5 Å². The number of benzene rings is 1. The summed E-state index contributed by atoms with van der Waals surface area (Å²) in [6.07, 6.45) is 13.2. The van der Waals surface area contributed by atoms with Crippen LogP contribution in [0.15, 0.2) is 74.9 Å². The molecule has 2 atom stereocenters. The van der Waals surface area contributed by atoms with Crippen molar-refractivity contribution in [3.8, 4) is 0 Å². The van der Waals surface area contributed by atoms with Crippen molar-refractivity contribution in [3.05, 3.63) is 86.0 Å². The summed E-state index contributed by atoms with van der Waals surface area (Å²) < 4.78 is 7.44. The second kappa shape index (κ2) is 15.7. The average Bonchev–Trinajstić information content (AvgIpc) is 3.43. The molecule has 2 aromatic heterocycles. The summed E-state index contributed by atoms with van der Waals surface area (Å²) >= 11 is 0. The number of aromatic nitrogens is 4. The van der Waals surface area contributed by atoms with Crippen molar-refractivity contribution >= 4 is 12.3 Å². The molecule has 0 saturated heterocycles. The zero-order chi connectivity index (χ0) is 22.6. The Balaban J connectivity index is 0.000000640. The second-order valence-corrected chi connectivity index (χ2v) is 7.14. The van der Waals surface area contributed by atoms with Gasteiger partial charge in [-0.05, 0) is 11.1 Å². The first-order chi connectivity index (χ1) is 15.0. The first kappa shape index (κ1) is 30.0. The van der Waals surface area contributed by atoms with Gasteiger partial charge in [0.2, 0.25) is 12.7 Å². The highest BCUT2D eigenvalue weighted by atomic mass is 16.3. The summed E-state index contributed by atoms with van der Waals surface area (Å²) in [5, 5.41) is 35.8. The summed E-state index contributed by atoms with van der Waals surface area (Å²) in [7, 11) is 0. The van der Waals surface area contributed by atoms with E-state index in [4.69, 9.17) is 15.3 Å². The van der Waals surface area contributed by atoms with E-state index in [1.807, 2.05) is 52.3 Å². The normalized spacial score (nSPS) is 11.8. The third-order valence-corrected chi connectivity index (χ3v) is 4.51. The number of nitrogens with zero attached hydrogens (tertiary/aromatic N) is 4. The molecule has 3 aromatic rings. The fourth-order valence-electron chi connectivity index (χ4n) is 2.84. The zero-order valence-electron chi connectivity index (χ0n) is 17.6. The Kier molecular flexibility index (Phi) is 14.3. The lowest BCUT2D eigenvalue weighted by atomic mass is 10.1. The number of imidazole rings is 2. The average molecular weight is 461 g/mol. The minimum atomic E-state index is -0.715. The molecule has 0 spiro atoms. The van der Waals surface area contributed by atoms with Gasteiger partial charge in [-0.2, -0.15) is 0 Å². The van der Waals surface area contributed by atoms with Gasteiger partial charge in [-0.15, -0.1) is 0 Å². The molecule has 0 aliphatic heterocycles. The van der Waals surface area contributed by atoms with Crippen molar-refractivity contribution < 1.29 is 29.6 Å². The number of hydrogen-bond donors (Lipinski definition) is 4. The van der Waals surface area contributed by atoms with E-state index in [-0.39, 0.29) is 28.1 Å². The maximum Gasteiger partial charge on any atom is 0.248 e. The Labute approximate surface area is 197 Å². The Morgan fingerprint density at radius 2 is 1.52 bits per heavy atom. The molecule has 33 heavy (non-hydrogen) atoms. The summed E-state index contributed by atoms with van der Waals surface area (Å²) in [4.78, 5) is 0. The molecular formula is C25H40N4O4+2. The molecule has 4 N–H and O–H groups in total.